The predicted octanol–water partition coefficient (Wildman–Crippen LogP) is 5.48. The van der Waals surface area contributed by atoms with Gasteiger partial charge in [0.15, 0.2) is 5.82 Å². The van der Waals surface area contributed by atoms with Crippen LogP contribution < -0.4 is 10.0 Å². The summed E-state index contributed by atoms with van der Waals surface area (Å²) in [5, 5.41) is 30.9. The van der Waals surface area contributed by atoms with Crippen molar-refractivity contribution in [2.24, 2.45) is 13.0 Å². The first-order valence-electron chi connectivity index (χ1n) is 17.2. The van der Waals surface area contributed by atoms with E-state index in [0.29, 0.717) is 16.3 Å². The van der Waals surface area contributed by atoms with Crippen molar-refractivity contribution < 1.29 is 49.8 Å². The molecule has 0 bridgehead atoms. The molecule has 1 fully saturated rings. The average Bonchev–Trinajstić information content (AvgIpc) is 3.65. The molecule has 1 amide bonds. The Kier molecular flexibility index (Phi) is 10.1. The van der Waals surface area contributed by atoms with Gasteiger partial charge in [0.25, 0.3) is 12.3 Å². The quantitative estimate of drug-likeness (QED) is 0.101. The van der Waals surface area contributed by atoms with Gasteiger partial charge in [0.2, 0.25) is 15.9 Å². The van der Waals surface area contributed by atoms with E-state index in [1.54, 1.807) is 6.07 Å². The molecular formula is C37H32ClF6N7O5S. The van der Waals surface area contributed by atoms with Crippen molar-refractivity contribution >= 4 is 44.3 Å². The highest BCUT2D eigenvalue weighted by Gasteiger charge is 2.67. The zero-order valence-corrected chi connectivity index (χ0v) is 31.7. The number of carbonyl (C=O) groups is 1. The minimum atomic E-state index is -3.85. The van der Waals surface area contributed by atoms with E-state index in [-0.39, 0.29) is 62.7 Å². The Morgan fingerprint density at radius 2 is 1.79 bits per heavy atom. The van der Waals surface area contributed by atoms with Crippen LogP contribution in [0, 0.1) is 29.4 Å². The number of rotatable bonds is 11. The van der Waals surface area contributed by atoms with Crippen LogP contribution in [0.1, 0.15) is 65.6 Å². The van der Waals surface area contributed by atoms with Gasteiger partial charge in [-0.1, -0.05) is 23.6 Å². The maximum absolute atomic E-state index is 15.4. The summed E-state index contributed by atoms with van der Waals surface area (Å²) in [6.45, 7) is -0.448. The van der Waals surface area contributed by atoms with Crippen LogP contribution in [-0.2, 0) is 40.8 Å². The van der Waals surface area contributed by atoms with Crippen LogP contribution in [0.4, 0.5) is 32.2 Å². The molecule has 0 radical (unpaired) electrons. The van der Waals surface area contributed by atoms with Crippen LogP contribution in [0.5, 0.6) is 0 Å². The Hall–Kier alpha value is -5.16. The predicted molar refractivity (Wildman–Crippen MR) is 195 cm³/mol. The molecule has 0 spiro atoms. The van der Waals surface area contributed by atoms with Gasteiger partial charge in [-0.2, -0.15) is 19.0 Å². The van der Waals surface area contributed by atoms with E-state index in [0.717, 1.165) is 18.4 Å². The Bertz CT molecular complexity index is 2620. The summed E-state index contributed by atoms with van der Waals surface area (Å²) in [4.78, 5) is 18.6. The molecule has 1 unspecified atom stereocenters. The fraction of sp³-hybridized carbons (Fsp3) is 0.351. The first kappa shape index (κ1) is 40.1. The van der Waals surface area contributed by atoms with Gasteiger partial charge in [0, 0.05) is 35.7 Å². The van der Waals surface area contributed by atoms with Gasteiger partial charge < -0.3 is 15.5 Å². The second-order valence-electron chi connectivity index (χ2n) is 14.3. The van der Waals surface area contributed by atoms with E-state index in [9.17, 15) is 41.0 Å². The van der Waals surface area contributed by atoms with Gasteiger partial charge in [0.1, 0.15) is 40.9 Å². The molecule has 20 heteroatoms. The molecule has 300 valence electrons. The molecule has 57 heavy (non-hydrogen) atoms. The molecule has 1 saturated carbocycles. The maximum Gasteiger partial charge on any atom is 0.293 e. The zero-order valence-electron chi connectivity index (χ0n) is 30.1. The normalized spacial score (nSPS) is 18.4. The van der Waals surface area contributed by atoms with Gasteiger partial charge >= 0.3 is 0 Å². The van der Waals surface area contributed by atoms with E-state index in [4.69, 9.17) is 11.6 Å². The third-order valence-electron chi connectivity index (χ3n) is 9.69. The van der Waals surface area contributed by atoms with Crippen molar-refractivity contribution in [2.45, 2.75) is 56.2 Å². The van der Waals surface area contributed by atoms with E-state index >= 15 is 8.78 Å². The number of aliphatic hydroxyl groups excluding tert-OH is 1. The van der Waals surface area contributed by atoms with Crippen molar-refractivity contribution in [3.63, 3.8) is 0 Å². The van der Waals surface area contributed by atoms with Crippen molar-refractivity contribution in [3.05, 3.63) is 93.0 Å². The molecule has 0 aliphatic heterocycles. The third-order valence-corrected chi connectivity index (χ3v) is 10.6. The van der Waals surface area contributed by atoms with Crippen molar-refractivity contribution in [1.82, 2.24) is 29.9 Å². The Balaban J connectivity index is 1.39. The lowest BCUT2D eigenvalue weighted by atomic mass is 9.93. The van der Waals surface area contributed by atoms with E-state index in [2.05, 4.69) is 37.1 Å². The lowest BCUT2D eigenvalue weighted by Crippen LogP contribution is -2.35. The number of nitrogens with zero attached hydrogens (tertiary/aromatic N) is 5. The molecule has 2 aliphatic carbocycles. The monoisotopic (exact) mass is 835 g/mol. The molecule has 0 saturated heterocycles. The number of aryl methyl sites for hydroxylation is 1. The number of hydrogen-bond acceptors (Lipinski definition) is 8. The average molecular weight is 836 g/mol. The minimum Gasteiger partial charge on any atom is -0.392 e. The summed E-state index contributed by atoms with van der Waals surface area (Å²) in [7, 11) is -2.34. The minimum absolute atomic E-state index is 0.00569. The number of halogens is 7. The Morgan fingerprint density at radius 3 is 2.44 bits per heavy atom. The standard InChI is InChI=1S/C37H32ClF6N7O5S/c1-36(54,16-52)9-8-20-4-5-21(22-6-7-25(38)29-32(22)50(2)48-35(29)49-57(3,55)56)30(45-20)26(12-17-10-18(39)13-19(40)11-17)46-27(53)15-51-33-28(31(47-51)34(41)42)23-14-24(23)37(33,43)44/h4-7,10-11,13,23-24,26,34,52,54H,12,14-16H2,1-3H3,(H,46,53)(H,48,49)/t23-,24+,26-,36?/m0/s1. The lowest BCUT2D eigenvalue weighted by molar-refractivity contribution is -0.123. The summed E-state index contributed by atoms with van der Waals surface area (Å²) >= 11 is 6.56. The number of pyridine rings is 1. The van der Waals surface area contributed by atoms with Crippen LogP contribution in [0.3, 0.4) is 0 Å². The van der Waals surface area contributed by atoms with Gasteiger partial charge in [0.05, 0.1) is 40.5 Å². The SMILES string of the molecule is Cn1nc(NS(C)(=O)=O)c2c(Cl)ccc(-c3ccc(C#CC(C)(O)CO)nc3[C@H](Cc3cc(F)cc(F)c3)NC(=O)Cn3nc(C(F)F)c4c3C(F)(F)[C@@H]3C[C@H]43)c21. The number of fused-ring (bicyclic) bond motifs is 4. The molecule has 4 atom stereocenters. The number of nitrogens with one attached hydrogen (secondary N) is 2. The highest BCUT2D eigenvalue weighted by atomic mass is 35.5. The van der Waals surface area contributed by atoms with Crippen LogP contribution >= 0.6 is 11.6 Å². The molecule has 7 rings (SSSR count). The topological polar surface area (TPSA) is 164 Å². The van der Waals surface area contributed by atoms with Gasteiger partial charge in [-0.25, -0.2) is 31.0 Å². The second-order valence-corrected chi connectivity index (χ2v) is 16.4. The highest BCUT2D eigenvalue weighted by Crippen LogP contribution is 2.68. The maximum atomic E-state index is 15.4. The van der Waals surface area contributed by atoms with Crippen LogP contribution in [0.25, 0.3) is 22.0 Å². The number of amides is 1. The van der Waals surface area contributed by atoms with Gasteiger partial charge in [-0.05, 0) is 67.5 Å². The molecular weight excluding hydrogens is 804 g/mol. The number of benzene rings is 2. The number of alkyl halides is 4. The first-order valence-corrected chi connectivity index (χ1v) is 19.5. The summed E-state index contributed by atoms with van der Waals surface area (Å²) < 4.78 is 117. The number of sulfonamides is 1. The fourth-order valence-electron chi connectivity index (χ4n) is 7.25. The van der Waals surface area contributed by atoms with Crippen LogP contribution in [0.15, 0.2) is 42.5 Å². The number of aliphatic hydroxyl groups is 2. The Morgan fingerprint density at radius 1 is 1.11 bits per heavy atom. The fourth-order valence-corrected chi connectivity index (χ4v) is 7.99. The van der Waals surface area contributed by atoms with Gasteiger partial charge in [-0.15, -0.1) is 0 Å². The molecule has 3 aromatic heterocycles. The van der Waals surface area contributed by atoms with Crippen molar-refractivity contribution in [3.8, 4) is 23.0 Å². The largest absolute Gasteiger partial charge is 0.392 e. The summed E-state index contributed by atoms with van der Waals surface area (Å²) in [5.41, 5.74) is -2.99. The molecule has 2 aliphatic rings. The summed E-state index contributed by atoms with van der Waals surface area (Å²) in [6.07, 6.45) is -2.65. The van der Waals surface area contributed by atoms with Crippen LogP contribution in [-0.4, -0.2) is 67.5 Å². The molecule has 5 aromatic rings. The molecule has 3 heterocycles. The molecule has 2 aromatic carbocycles. The number of hydrogen-bond donors (Lipinski definition) is 4. The smallest absolute Gasteiger partial charge is 0.293 e. The van der Waals surface area contributed by atoms with E-state index in [1.807, 2.05) is 0 Å². The second kappa shape index (κ2) is 14.3. The summed E-state index contributed by atoms with van der Waals surface area (Å²) in [6, 6.07) is 7.19. The molecule has 4 N–H and O–H groups in total. The van der Waals surface area contributed by atoms with E-state index in [1.165, 1.54) is 36.9 Å². The summed E-state index contributed by atoms with van der Waals surface area (Å²) in [5.74, 6) is -3.44. The number of carbonyl (C=O) groups excluding carboxylic acids is 1. The highest BCUT2D eigenvalue weighted by molar-refractivity contribution is 7.92. The Labute approximate surface area is 325 Å². The van der Waals surface area contributed by atoms with Crippen molar-refractivity contribution in [2.75, 3.05) is 17.6 Å². The third kappa shape index (κ3) is 7.78. The first-order chi connectivity index (χ1) is 26.7. The number of aromatic nitrogens is 5. The van der Waals surface area contributed by atoms with Crippen molar-refractivity contribution in [1.29, 1.82) is 0 Å². The van der Waals surface area contributed by atoms with Gasteiger partial charge in [-0.3, -0.25) is 18.9 Å². The van der Waals surface area contributed by atoms with E-state index < -0.39 is 87.9 Å². The lowest BCUT2D eigenvalue weighted by Gasteiger charge is -2.23. The number of anilines is 1. The zero-order chi connectivity index (χ0) is 41.4. The molecule has 12 nitrogen and oxygen atoms in total. The van der Waals surface area contributed by atoms with Crippen LogP contribution in [0.2, 0.25) is 5.02 Å².